The van der Waals surface area contributed by atoms with Gasteiger partial charge in [-0.15, -0.1) is 11.3 Å². The van der Waals surface area contributed by atoms with Gasteiger partial charge in [0.05, 0.1) is 17.2 Å². The van der Waals surface area contributed by atoms with Crippen LogP contribution in [0.1, 0.15) is 31.5 Å². The van der Waals surface area contributed by atoms with Crippen LogP contribution in [-0.2, 0) is 13.0 Å². The number of aryl methyl sites for hydroxylation is 1. The van der Waals surface area contributed by atoms with Crippen molar-refractivity contribution >= 4 is 23.1 Å². The molecule has 7 heteroatoms. The van der Waals surface area contributed by atoms with Crippen molar-refractivity contribution in [1.29, 1.82) is 0 Å². The van der Waals surface area contributed by atoms with Crippen molar-refractivity contribution in [3.05, 3.63) is 93.8 Å². The number of hydrogen-bond acceptors (Lipinski definition) is 5. The van der Waals surface area contributed by atoms with E-state index >= 15 is 0 Å². The van der Waals surface area contributed by atoms with Gasteiger partial charge in [0, 0.05) is 31.1 Å². The molecule has 0 saturated carbocycles. The number of thiazole rings is 1. The van der Waals surface area contributed by atoms with Crippen LogP contribution < -0.4 is 5.32 Å². The summed E-state index contributed by atoms with van der Waals surface area (Å²) >= 11 is 1.43. The number of carbonyl (C=O) groups excluding carboxylic acids is 1. The molecule has 6 nitrogen and oxygen atoms in total. The fourth-order valence-corrected chi connectivity index (χ4v) is 3.87. The summed E-state index contributed by atoms with van der Waals surface area (Å²) in [6.07, 6.45) is 6.10. The number of carbonyl (C=O) groups is 1. The third kappa shape index (κ3) is 4.32. The summed E-state index contributed by atoms with van der Waals surface area (Å²) in [6.45, 7) is 2.46. The topological polar surface area (TPSA) is 72.7 Å². The molecule has 3 aromatic heterocycles. The molecule has 0 radical (unpaired) electrons. The molecule has 1 amide bonds. The maximum Gasteiger partial charge on any atom is 0.268 e. The zero-order chi connectivity index (χ0) is 19.3. The lowest BCUT2D eigenvalue weighted by Gasteiger charge is -2.02. The number of benzene rings is 1. The first-order valence-electron chi connectivity index (χ1n) is 8.91. The van der Waals surface area contributed by atoms with Crippen LogP contribution in [0.2, 0.25) is 0 Å². The first-order valence-corrected chi connectivity index (χ1v) is 9.73. The summed E-state index contributed by atoms with van der Waals surface area (Å²) in [6, 6.07) is 15.8. The van der Waals surface area contributed by atoms with Crippen molar-refractivity contribution in [3.63, 3.8) is 0 Å². The molecule has 0 aliphatic rings. The minimum absolute atomic E-state index is 0.180. The van der Waals surface area contributed by atoms with E-state index in [1.165, 1.54) is 16.9 Å². The molecule has 0 saturated heterocycles. The first kappa shape index (κ1) is 18.1. The van der Waals surface area contributed by atoms with E-state index in [-0.39, 0.29) is 5.91 Å². The SMILES string of the molecule is Cc1nc(Cc2ccccc2)sc1C(=O)Nc1ccn(Cc2cccnc2)n1. The summed E-state index contributed by atoms with van der Waals surface area (Å²) in [5.74, 6) is 0.340. The van der Waals surface area contributed by atoms with Crippen LogP contribution in [-0.4, -0.2) is 25.7 Å². The highest BCUT2D eigenvalue weighted by atomic mass is 32.1. The molecule has 4 aromatic rings. The highest BCUT2D eigenvalue weighted by Crippen LogP contribution is 2.22. The Morgan fingerprint density at radius 3 is 2.71 bits per heavy atom. The quantitative estimate of drug-likeness (QED) is 0.542. The lowest BCUT2D eigenvalue weighted by molar-refractivity contribution is 0.102. The summed E-state index contributed by atoms with van der Waals surface area (Å²) < 4.78 is 1.77. The monoisotopic (exact) mass is 389 g/mol. The number of rotatable bonds is 6. The highest BCUT2D eigenvalue weighted by Gasteiger charge is 2.16. The number of amides is 1. The molecule has 0 aliphatic heterocycles. The Bertz CT molecular complexity index is 1070. The van der Waals surface area contributed by atoms with E-state index in [1.54, 1.807) is 23.1 Å². The number of pyridine rings is 1. The minimum Gasteiger partial charge on any atom is -0.304 e. The van der Waals surface area contributed by atoms with Gasteiger partial charge in [0.15, 0.2) is 5.82 Å². The van der Waals surface area contributed by atoms with E-state index in [1.807, 2.05) is 43.5 Å². The normalized spacial score (nSPS) is 10.8. The van der Waals surface area contributed by atoms with Crippen LogP contribution in [0.3, 0.4) is 0 Å². The van der Waals surface area contributed by atoms with E-state index in [0.717, 1.165) is 22.7 Å². The van der Waals surface area contributed by atoms with Crippen LogP contribution in [0, 0.1) is 6.92 Å². The second kappa shape index (κ2) is 8.14. The van der Waals surface area contributed by atoms with E-state index < -0.39 is 0 Å². The second-order valence-electron chi connectivity index (χ2n) is 6.40. The Morgan fingerprint density at radius 1 is 1.11 bits per heavy atom. The molecule has 0 aliphatic carbocycles. The van der Waals surface area contributed by atoms with Gasteiger partial charge in [-0.2, -0.15) is 5.10 Å². The molecule has 0 spiro atoms. The largest absolute Gasteiger partial charge is 0.304 e. The number of anilines is 1. The predicted octanol–water partition coefficient (Wildman–Crippen LogP) is 3.93. The Morgan fingerprint density at radius 2 is 1.93 bits per heavy atom. The molecule has 140 valence electrons. The maximum absolute atomic E-state index is 12.7. The molecular weight excluding hydrogens is 370 g/mol. The smallest absolute Gasteiger partial charge is 0.268 e. The van der Waals surface area contributed by atoms with Gasteiger partial charge in [0.2, 0.25) is 0 Å². The average molecular weight is 389 g/mol. The summed E-state index contributed by atoms with van der Waals surface area (Å²) in [5, 5.41) is 8.21. The Kier molecular flexibility index (Phi) is 5.25. The van der Waals surface area contributed by atoms with Crippen LogP contribution in [0.5, 0.6) is 0 Å². The molecule has 0 atom stereocenters. The van der Waals surface area contributed by atoms with E-state index in [0.29, 0.717) is 17.2 Å². The van der Waals surface area contributed by atoms with Gasteiger partial charge < -0.3 is 5.32 Å². The third-order valence-electron chi connectivity index (χ3n) is 4.19. The molecule has 0 unspecified atom stereocenters. The zero-order valence-electron chi connectivity index (χ0n) is 15.4. The molecule has 1 N–H and O–H groups in total. The summed E-state index contributed by atoms with van der Waals surface area (Å²) in [7, 11) is 0. The fourth-order valence-electron chi connectivity index (χ4n) is 2.88. The highest BCUT2D eigenvalue weighted by molar-refractivity contribution is 7.14. The first-order chi connectivity index (χ1) is 13.7. The fraction of sp³-hybridized carbons (Fsp3) is 0.143. The van der Waals surface area contributed by atoms with Crippen molar-refractivity contribution in [2.75, 3.05) is 5.32 Å². The Labute approximate surface area is 166 Å². The lowest BCUT2D eigenvalue weighted by atomic mass is 10.2. The number of nitrogens with zero attached hydrogens (tertiary/aromatic N) is 4. The second-order valence-corrected chi connectivity index (χ2v) is 7.48. The molecule has 3 heterocycles. The summed E-state index contributed by atoms with van der Waals surface area (Å²) in [4.78, 5) is 21.9. The summed E-state index contributed by atoms with van der Waals surface area (Å²) in [5.41, 5.74) is 2.97. The van der Waals surface area contributed by atoms with E-state index in [2.05, 4.69) is 32.5 Å². The Balaban J connectivity index is 1.43. The molecule has 28 heavy (non-hydrogen) atoms. The molecule has 0 fully saturated rings. The number of hydrogen-bond donors (Lipinski definition) is 1. The zero-order valence-corrected chi connectivity index (χ0v) is 16.2. The average Bonchev–Trinajstić information content (AvgIpc) is 3.29. The van der Waals surface area contributed by atoms with E-state index in [9.17, 15) is 4.79 Å². The standard InChI is InChI=1S/C21H19N5OS/c1-15-20(28-19(23-15)12-16-6-3-2-4-7-16)21(27)24-18-9-11-26(25-18)14-17-8-5-10-22-13-17/h2-11,13H,12,14H2,1H3,(H,24,25,27). The van der Waals surface area contributed by atoms with Gasteiger partial charge in [0.25, 0.3) is 5.91 Å². The van der Waals surface area contributed by atoms with Crippen LogP contribution in [0.25, 0.3) is 0 Å². The molecule has 1 aromatic carbocycles. The molecule has 4 rings (SSSR count). The number of aromatic nitrogens is 4. The van der Waals surface area contributed by atoms with Gasteiger partial charge in [-0.25, -0.2) is 4.98 Å². The lowest BCUT2D eigenvalue weighted by Crippen LogP contribution is -2.12. The van der Waals surface area contributed by atoms with Crippen LogP contribution in [0.15, 0.2) is 67.1 Å². The van der Waals surface area contributed by atoms with Gasteiger partial charge in [-0.1, -0.05) is 36.4 Å². The van der Waals surface area contributed by atoms with Gasteiger partial charge in [0.1, 0.15) is 4.88 Å². The van der Waals surface area contributed by atoms with Crippen LogP contribution in [0.4, 0.5) is 5.82 Å². The molecular formula is C21H19N5OS. The van der Waals surface area contributed by atoms with Crippen molar-refractivity contribution in [2.24, 2.45) is 0 Å². The minimum atomic E-state index is -0.180. The predicted molar refractivity (Wildman–Crippen MR) is 110 cm³/mol. The Hall–Kier alpha value is -3.32. The van der Waals surface area contributed by atoms with Crippen molar-refractivity contribution in [1.82, 2.24) is 19.7 Å². The van der Waals surface area contributed by atoms with Gasteiger partial charge >= 0.3 is 0 Å². The van der Waals surface area contributed by atoms with Gasteiger partial charge in [-0.3, -0.25) is 14.5 Å². The molecule has 0 bridgehead atoms. The third-order valence-corrected chi connectivity index (χ3v) is 5.35. The maximum atomic E-state index is 12.7. The van der Waals surface area contributed by atoms with E-state index in [4.69, 9.17) is 0 Å². The number of nitrogens with one attached hydrogen (secondary N) is 1. The van der Waals surface area contributed by atoms with Gasteiger partial charge in [-0.05, 0) is 24.1 Å². The van der Waals surface area contributed by atoms with Crippen LogP contribution >= 0.6 is 11.3 Å². The van der Waals surface area contributed by atoms with Crippen molar-refractivity contribution in [2.45, 2.75) is 19.9 Å². The van der Waals surface area contributed by atoms with Crippen molar-refractivity contribution < 1.29 is 4.79 Å². The van der Waals surface area contributed by atoms with Crippen molar-refractivity contribution in [3.8, 4) is 0 Å².